The monoisotopic (exact) mass is 683 g/mol. The average molecular weight is 683 g/mol. The van der Waals surface area contributed by atoms with Crippen LogP contribution in [-0.2, 0) is 0 Å². The van der Waals surface area contributed by atoms with Gasteiger partial charge >= 0.3 is 0 Å². The van der Waals surface area contributed by atoms with E-state index in [-0.39, 0.29) is 0 Å². The standard InChI is InChI=1S/C12H27N.2C7H17N.3C5H13N/c1-2-3-4-5-6-7-8-9-10-11-12-13;2*1-2-3-4-5-6-7-8;3*1-2-3-4-5-6/h2-13H2,1H3;2*2-8H2,1H3;3*2-6H2,1H3/p+6. The molecule has 47 heavy (non-hydrogen) atoms. The van der Waals surface area contributed by atoms with Crippen LogP contribution in [0.1, 0.15) is 228 Å². The Kier molecular flexibility index (Phi) is 95.1. The van der Waals surface area contributed by atoms with Crippen molar-refractivity contribution in [3.63, 3.8) is 0 Å². The summed E-state index contributed by atoms with van der Waals surface area (Å²) in [5.74, 6) is 0. The number of quaternary nitrogens is 6. The third kappa shape index (κ3) is 106. The molecule has 0 bridgehead atoms. The van der Waals surface area contributed by atoms with Gasteiger partial charge in [-0.2, -0.15) is 0 Å². The van der Waals surface area contributed by atoms with Crippen molar-refractivity contribution in [2.75, 3.05) is 39.3 Å². The minimum absolute atomic E-state index is 1.10. The summed E-state index contributed by atoms with van der Waals surface area (Å²) in [5, 5.41) is 0. The van der Waals surface area contributed by atoms with Gasteiger partial charge in [0.15, 0.2) is 0 Å². The Morgan fingerprint density at radius 1 is 0.170 bits per heavy atom. The second-order valence-corrected chi connectivity index (χ2v) is 13.3. The molecule has 0 aliphatic rings. The second-order valence-electron chi connectivity index (χ2n) is 13.3. The lowest BCUT2D eigenvalue weighted by Crippen LogP contribution is -2.50. The molecule has 0 amide bonds. The Bertz CT molecular complexity index is 320. The molecule has 6 heteroatoms. The summed E-state index contributed by atoms with van der Waals surface area (Å²) in [4.78, 5) is 0. The first-order chi connectivity index (χ1) is 23.0. The molecule has 0 aliphatic carbocycles. The largest absolute Gasteiger partial charge is 0.358 e. The van der Waals surface area contributed by atoms with Crippen LogP contribution < -0.4 is 34.4 Å². The molecule has 0 saturated carbocycles. The Morgan fingerprint density at radius 2 is 0.277 bits per heavy atom. The lowest BCUT2D eigenvalue weighted by atomic mass is 10.1. The van der Waals surface area contributed by atoms with Gasteiger partial charge in [-0.1, -0.05) is 151 Å². The highest BCUT2D eigenvalue weighted by Gasteiger charge is 1.92. The van der Waals surface area contributed by atoms with Crippen molar-refractivity contribution in [2.24, 2.45) is 0 Å². The fraction of sp³-hybridized carbons (Fsp3) is 1.00. The molecule has 0 fully saturated rings. The molecule has 0 spiro atoms. The van der Waals surface area contributed by atoms with Crippen LogP contribution in [0.15, 0.2) is 0 Å². The van der Waals surface area contributed by atoms with Gasteiger partial charge in [0, 0.05) is 0 Å². The molecule has 18 N–H and O–H groups in total. The zero-order valence-electron chi connectivity index (χ0n) is 35.0. The summed E-state index contributed by atoms with van der Waals surface area (Å²) in [6.07, 6.45) is 39.9. The van der Waals surface area contributed by atoms with Crippen LogP contribution in [0.3, 0.4) is 0 Å². The van der Waals surface area contributed by atoms with E-state index in [1.807, 2.05) is 0 Å². The van der Waals surface area contributed by atoms with E-state index in [1.54, 1.807) is 0 Å². The SMILES string of the molecule is CCCCCCCCCCCC[NH3+].CCCCCCC[NH3+].CCCCCCC[NH3+].CCCCC[NH3+].CCCCC[NH3+].CCCCC[NH3+]. The molecule has 0 heterocycles. The van der Waals surface area contributed by atoms with Crippen molar-refractivity contribution in [3.05, 3.63) is 0 Å². The van der Waals surface area contributed by atoms with Crippen molar-refractivity contribution in [1.82, 2.24) is 0 Å². The number of hydrogen-bond donors (Lipinski definition) is 6. The second kappa shape index (κ2) is 75.9. The predicted molar refractivity (Wildman–Crippen MR) is 214 cm³/mol. The molecule has 294 valence electrons. The lowest BCUT2D eigenvalue weighted by molar-refractivity contribution is -0.368. The van der Waals surface area contributed by atoms with Crippen LogP contribution in [0.4, 0.5) is 0 Å². The van der Waals surface area contributed by atoms with E-state index in [1.165, 1.54) is 186 Å². The maximum Gasteiger partial charge on any atom is 0.0739 e. The van der Waals surface area contributed by atoms with Gasteiger partial charge in [0.1, 0.15) is 0 Å². The summed E-state index contributed by atoms with van der Waals surface area (Å²) in [6, 6.07) is 0. The molecule has 0 atom stereocenters. The van der Waals surface area contributed by atoms with E-state index >= 15 is 0 Å². The molecule has 0 saturated heterocycles. The van der Waals surface area contributed by atoms with Crippen molar-refractivity contribution in [2.45, 2.75) is 228 Å². The van der Waals surface area contributed by atoms with Gasteiger partial charge in [0.05, 0.1) is 39.3 Å². The van der Waals surface area contributed by atoms with Crippen LogP contribution in [0.5, 0.6) is 0 Å². The van der Waals surface area contributed by atoms with E-state index in [9.17, 15) is 0 Å². The molecule has 0 radical (unpaired) electrons. The summed E-state index contributed by atoms with van der Waals surface area (Å²) < 4.78 is 0. The van der Waals surface area contributed by atoms with Crippen LogP contribution in [-0.4, -0.2) is 39.3 Å². The van der Waals surface area contributed by atoms with Crippen molar-refractivity contribution in [1.29, 1.82) is 0 Å². The van der Waals surface area contributed by atoms with Gasteiger partial charge < -0.3 is 34.4 Å². The van der Waals surface area contributed by atoms with Gasteiger partial charge in [0.25, 0.3) is 0 Å². The van der Waals surface area contributed by atoms with E-state index in [0.717, 1.165) is 39.3 Å². The third-order valence-electron chi connectivity index (χ3n) is 7.87. The Hall–Kier alpha value is -0.240. The Labute approximate surface area is 300 Å². The van der Waals surface area contributed by atoms with E-state index in [0.29, 0.717) is 0 Å². The van der Waals surface area contributed by atoms with Crippen molar-refractivity contribution >= 4 is 0 Å². The topological polar surface area (TPSA) is 166 Å². The zero-order chi connectivity index (χ0) is 36.7. The van der Waals surface area contributed by atoms with Crippen LogP contribution in [0, 0.1) is 0 Å². The van der Waals surface area contributed by atoms with Crippen LogP contribution in [0.25, 0.3) is 0 Å². The van der Waals surface area contributed by atoms with Gasteiger partial charge in [0.2, 0.25) is 0 Å². The first-order valence-electron chi connectivity index (χ1n) is 21.7. The minimum Gasteiger partial charge on any atom is -0.358 e. The van der Waals surface area contributed by atoms with Gasteiger partial charge in [-0.15, -0.1) is 0 Å². The molecule has 0 aromatic heterocycles. The van der Waals surface area contributed by atoms with Crippen LogP contribution in [0.2, 0.25) is 0 Å². The Balaban J connectivity index is -0.000000110. The van der Waals surface area contributed by atoms with Crippen LogP contribution >= 0.6 is 0 Å². The lowest BCUT2D eigenvalue weighted by Gasteiger charge is -2.00. The van der Waals surface area contributed by atoms with Crippen molar-refractivity contribution in [3.8, 4) is 0 Å². The molecule has 0 aromatic carbocycles. The van der Waals surface area contributed by atoms with Gasteiger partial charge in [-0.3, -0.25) is 0 Å². The quantitative estimate of drug-likeness (QED) is 0.0457. The smallest absolute Gasteiger partial charge is 0.0739 e. The summed E-state index contributed by atoms with van der Waals surface area (Å²) in [7, 11) is 0. The van der Waals surface area contributed by atoms with Gasteiger partial charge in [-0.05, 0) is 77.0 Å². The van der Waals surface area contributed by atoms with E-state index < -0.39 is 0 Å². The number of hydrogen-bond acceptors (Lipinski definition) is 0. The summed E-state index contributed by atoms with van der Waals surface area (Å²) >= 11 is 0. The van der Waals surface area contributed by atoms with Gasteiger partial charge in [-0.25, -0.2) is 0 Å². The fourth-order valence-electron chi connectivity index (χ4n) is 4.51. The molecule has 6 nitrogen and oxygen atoms in total. The number of unbranched alkanes of at least 4 members (excludes halogenated alkanes) is 23. The molecule has 0 unspecified atom stereocenters. The third-order valence-corrected chi connectivity index (χ3v) is 7.87. The Morgan fingerprint density at radius 3 is 0.404 bits per heavy atom. The first kappa shape index (κ1) is 58.9. The molecule has 0 aromatic rings. The molecular weight excluding hydrogens is 576 g/mol. The zero-order valence-corrected chi connectivity index (χ0v) is 35.0. The predicted octanol–water partition coefficient (Wildman–Crippen LogP) is 6.80. The minimum atomic E-state index is 1.10. The maximum absolute atomic E-state index is 3.85. The van der Waals surface area contributed by atoms with E-state index in [4.69, 9.17) is 0 Å². The fourth-order valence-corrected chi connectivity index (χ4v) is 4.51. The molecule has 0 rings (SSSR count). The number of rotatable bonds is 29. The summed E-state index contributed by atoms with van der Waals surface area (Å²) in [5.41, 5.74) is 22.6. The first-order valence-corrected chi connectivity index (χ1v) is 21.7. The van der Waals surface area contributed by atoms with E-state index in [2.05, 4.69) is 75.9 Å². The molecular formula is C41H106N6+6. The maximum atomic E-state index is 3.85. The highest BCUT2D eigenvalue weighted by atomic mass is 14.5. The highest BCUT2D eigenvalue weighted by molar-refractivity contribution is 4.46. The average Bonchev–Trinajstić information content (AvgIpc) is 3.10. The summed E-state index contributed by atoms with van der Waals surface area (Å²) in [6.45, 7) is 20.0. The molecule has 0 aliphatic heterocycles. The normalized spacial score (nSPS) is 9.70. The van der Waals surface area contributed by atoms with Crippen molar-refractivity contribution < 1.29 is 34.4 Å². The highest BCUT2D eigenvalue weighted by Crippen LogP contribution is 2.10.